The molecular formula is C14H26O4. The van der Waals surface area contributed by atoms with Gasteiger partial charge in [-0.15, -0.1) is 0 Å². The van der Waals surface area contributed by atoms with Gasteiger partial charge in [0.05, 0.1) is 12.3 Å². The van der Waals surface area contributed by atoms with Gasteiger partial charge in [0.1, 0.15) is 11.2 Å². The molecule has 0 heterocycles. The van der Waals surface area contributed by atoms with Crippen molar-refractivity contribution in [2.75, 3.05) is 0 Å². The van der Waals surface area contributed by atoms with Crippen LogP contribution in [0.5, 0.6) is 0 Å². The van der Waals surface area contributed by atoms with Crippen LogP contribution >= 0.6 is 0 Å². The van der Waals surface area contributed by atoms with E-state index in [4.69, 9.17) is 9.47 Å². The normalized spacial score (nSPS) is 13.9. The Hall–Kier alpha value is -1.06. The summed E-state index contributed by atoms with van der Waals surface area (Å²) in [6.07, 6.45) is 0.636. The van der Waals surface area contributed by atoms with Crippen LogP contribution in [-0.2, 0) is 19.1 Å². The van der Waals surface area contributed by atoms with Crippen molar-refractivity contribution in [2.45, 2.75) is 72.5 Å². The Labute approximate surface area is 110 Å². The van der Waals surface area contributed by atoms with E-state index in [1.807, 2.05) is 27.7 Å². The molecule has 4 heteroatoms. The lowest BCUT2D eigenvalue weighted by molar-refractivity contribution is -0.167. The van der Waals surface area contributed by atoms with Gasteiger partial charge in [-0.3, -0.25) is 9.59 Å². The first-order valence-corrected chi connectivity index (χ1v) is 6.39. The number of hydrogen-bond acceptors (Lipinski definition) is 4. The van der Waals surface area contributed by atoms with E-state index in [0.29, 0.717) is 6.42 Å². The average molecular weight is 258 g/mol. The van der Waals surface area contributed by atoms with Crippen LogP contribution in [0, 0.1) is 5.92 Å². The molecule has 0 aliphatic rings. The molecule has 0 rings (SSSR count). The van der Waals surface area contributed by atoms with Crippen molar-refractivity contribution in [3.8, 4) is 0 Å². The van der Waals surface area contributed by atoms with E-state index >= 15 is 0 Å². The Morgan fingerprint density at radius 1 is 0.944 bits per heavy atom. The second kappa shape index (κ2) is 6.21. The lowest BCUT2D eigenvalue weighted by Gasteiger charge is -2.24. The molecule has 18 heavy (non-hydrogen) atoms. The van der Waals surface area contributed by atoms with Crippen molar-refractivity contribution < 1.29 is 19.1 Å². The summed E-state index contributed by atoms with van der Waals surface area (Å²) < 4.78 is 10.5. The lowest BCUT2D eigenvalue weighted by atomic mass is 10.0. The maximum atomic E-state index is 11.9. The summed E-state index contributed by atoms with van der Waals surface area (Å²) in [6.45, 7) is 12.7. The average Bonchev–Trinajstić information content (AvgIpc) is 2.07. The molecule has 0 aliphatic heterocycles. The van der Waals surface area contributed by atoms with Gasteiger partial charge in [-0.25, -0.2) is 0 Å². The summed E-state index contributed by atoms with van der Waals surface area (Å²) in [5.74, 6) is -1.13. The highest BCUT2D eigenvalue weighted by molar-refractivity contribution is 5.80. The van der Waals surface area contributed by atoms with E-state index in [0.717, 1.165) is 0 Å². The molecule has 0 radical (unpaired) electrons. The van der Waals surface area contributed by atoms with Crippen molar-refractivity contribution in [2.24, 2.45) is 5.92 Å². The minimum Gasteiger partial charge on any atom is -0.460 e. The summed E-state index contributed by atoms with van der Waals surface area (Å²) in [4.78, 5) is 23.5. The third-order valence-corrected chi connectivity index (χ3v) is 2.07. The van der Waals surface area contributed by atoms with E-state index in [2.05, 4.69) is 0 Å². The van der Waals surface area contributed by atoms with Crippen LogP contribution in [0.4, 0.5) is 0 Å². The molecule has 1 atom stereocenters. The highest BCUT2D eigenvalue weighted by Crippen LogP contribution is 2.18. The van der Waals surface area contributed by atoms with Gasteiger partial charge in [0, 0.05) is 0 Å². The van der Waals surface area contributed by atoms with Crippen LogP contribution in [0.3, 0.4) is 0 Å². The molecule has 1 unspecified atom stereocenters. The van der Waals surface area contributed by atoms with Gasteiger partial charge >= 0.3 is 11.9 Å². The summed E-state index contributed by atoms with van der Waals surface area (Å²) >= 11 is 0. The molecule has 4 nitrogen and oxygen atoms in total. The number of esters is 2. The Balaban J connectivity index is 4.44. The fourth-order valence-electron chi connectivity index (χ4n) is 1.36. The monoisotopic (exact) mass is 258 g/mol. The first-order valence-electron chi connectivity index (χ1n) is 6.39. The van der Waals surface area contributed by atoms with Crippen LogP contribution in [0.1, 0.15) is 61.3 Å². The van der Waals surface area contributed by atoms with Crippen molar-refractivity contribution in [3.05, 3.63) is 0 Å². The standard InChI is InChI=1S/C14H26O4/c1-8-10(12(16)18-14(5,6)7)9-11(15)17-13(2,3)4/h10H,8-9H2,1-7H3. The number of ether oxygens (including phenoxy) is 2. The summed E-state index contributed by atoms with van der Waals surface area (Å²) in [7, 11) is 0. The highest BCUT2D eigenvalue weighted by atomic mass is 16.6. The van der Waals surface area contributed by atoms with Gasteiger partial charge in [0.15, 0.2) is 0 Å². The van der Waals surface area contributed by atoms with E-state index in [-0.39, 0.29) is 18.4 Å². The summed E-state index contributed by atoms with van der Waals surface area (Å²) in [5, 5.41) is 0. The fraction of sp³-hybridized carbons (Fsp3) is 0.857. The highest BCUT2D eigenvalue weighted by Gasteiger charge is 2.28. The Bertz CT molecular complexity index is 294. The van der Waals surface area contributed by atoms with Crippen molar-refractivity contribution in [1.29, 1.82) is 0 Å². The third-order valence-electron chi connectivity index (χ3n) is 2.07. The molecule has 0 spiro atoms. The quantitative estimate of drug-likeness (QED) is 0.727. The van der Waals surface area contributed by atoms with Crippen molar-refractivity contribution in [1.82, 2.24) is 0 Å². The number of hydrogen-bond donors (Lipinski definition) is 0. The van der Waals surface area contributed by atoms with Gasteiger partial charge in [0.25, 0.3) is 0 Å². The first-order chi connectivity index (χ1) is 7.94. The summed E-state index contributed by atoms with van der Waals surface area (Å²) in [6, 6.07) is 0. The largest absolute Gasteiger partial charge is 0.460 e. The molecule has 0 aromatic rings. The van der Waals surface area contributed by atoms with E-state index in [9.17, 15) is 9.59 Å². The molecule has 0 amide bonds. The zero-order valence-corrected chi connectivity index (χ0v) is 12.6. The molecule has 0 aliphatic carbocycles. The lowest BCUT2D eigenvalue weighted by Crippen LogP contribution is -2.31. The Kier molecular flexibility index (Phi) is 5.84. The van der Waals surface area contributed by atoms with Gasteiger partial charge < -0.3 is 9.47 Å². The predicted molar refractivity (Wildman–Crippen MR) is 70.1 cm³/mol. The Morgan fingerprint density at radius 2 is 1.39 bits per heavy atom. The van der Waals surface area contributed by atoms with Crippen molar-refractivity contribution in [3.63, 3.8) is 0 Å². The molecule has 0 saturated carbocycles. The fourth-order valence-corrected chi connectivity index (χ4v) is 1.36. The van der Waals surface area contributed by atoms with Gasteiger partial charge in [-0.05, 0) is 48.0 Å². The molecule has 0 N–H and O–H groups in total. The predicted octanol–water partition coefficient (Wildman–Crippen LogP) is 3.09. The maximum Gasteiger partial charge on any atom is 0.310 e. The van der Waals surface area contributed by atoms with Gasteiger partial charge in [-0.1, -0.05) is 6.92 Å². The molecule has 0 aromatic heterocycles. The summed E-state index contributed by atoms with van der Waals surface area (Å²) in [5.41, 5.74) is -1.05. The van der Waals surface area contributed by atoms with Gasteiger partial charge in [-0.2, -0.15) is 0 Å². The van der Waals surface area contributed by atoms with Crippen LogP contribution in [-0.4, -0.2) is 23.1 Å². The SMILES string of the molecule is CCC(CC(=O)OC(C)(C)C)C(=O)OC(C)(C)C. The zero-order valence-electron chi connectivity index (χ0n) is 12.6. The first kappa shape index (κ1) is 16.9. The second-order valence-corrected chi connectivity index (χ2v) is 6.43. The maximum absolute atomic E-state index is 11.9. The van der Waals surface area contributed by atoms with E-state index < -0.39 is 17.1 Å². The molecule has 0 bridgehead atoms. The van der Waals surface area contributed by atoms with Crippen LogP contribution in [0.25, 0.3) is 0 Å². The molecule has 0 aromatic carbocycles. The van der Waals surface area contributed by atoms with Gasteiger partial charge in [0.2, 0.25) is 0 Å². The topological polar surface area (TPSA) is 52.6 Å². The molecule has 0 fully saturated rings. The molecule has 106 valence electrons. The number of carbonyl (C=O) groups excluding carboxylic acids is 2. The van der Waals surface area contributed by atoms with Crippen LogP contribution in [0.2, 0.25) is 0 Å². The van der Waals surface area contributed by atoms with Crippen LogP contribution in [0.15, 0.2) is 0 Å². The molecular weight excluding hydrogens is 232 g/mol. The minimum absolute atomic E-state index is 0.0721. The van der Waals surface area contributed by atoms with E-state index in [1.165, 1.54) is 0 Å². The smallest absolute Gasteiger partial charge is 0.310 e. The van der Waals surface area contributed by atoms with Crippen LogP contribution < -0.4 is 0 Å². The number of rotatable bonds is 4. The van der Waals surface area contributed by atoms with Crippen molar-refractivity contribution >= 4 is 11.9 Å². The number of carbonyl (C=O) groups is 2. The Morgan fingerprint density at radius 3 is 1.72 bits per heavy atom. The second-order valence-electron chi connectivity index (χ2n) is 6.43. The minimum atomic E-state index is -0.529. The third kappa shape index (κ3) is 8.09. The zero-order chi connectivity index (χ0) is 14.6. The molecule has 0 saturated heterocycles. The van der Waals surface area contributed by atoms with E-state index in [1.54, 1.807) is 20.8 Å².